The molecule has 0 saturated carbocycles. The third-order valence-corrected chi connectivity index (χ3v) is 8.65. The summed E-state index contributed by atoms with van der Waals surface area (Å²) in [5.74, 6) is -0.635. The van der Waals surface area contributed by atoms with Gasteiger partial charge in [-0.2, -0.15) is 5.10 Å². The smallest absolute Gasteiger partial charge is 0.410 e. The van der Waals surface area contributed by atoms with Crippen molar-refractivity contribution in [2.45, 2.75) is 45.6 Å². The van der Waals surface area contributed by atoms with Gasteiger partial charge in [0.2, 0.25) is 11.8 Å². The molecule has 2 aliphatic rings. The van der Waals surface area contributed by atoms with Crippen molar-refractivity contribution in [3.63, 3.8) is 0 Å². The van der Waals surface area contributed by atoms with Crippen molar-refractivity contribution in [1.29, 1.82) is 0 Å². The van der Waals surface area contributed by atoms with Crippen molar-refractivity contribution in [2.75, 3.05) is 44.2 Å². The minimum absolute atomic E-state index is 0.148. The van der Waals surface area contributed by atoms with Gasteiger partial charge in [0.05, 0.1) is 29.2 Å². The van der Waals surface area contributed by atoms with Gasteiger partial charge in [0.15, 0.2) is 0 Å². The number of hydrogen-bond acceptors (Lipinski definition) is 7. The van der Waals surface area contributed by atoms with E-state index in [9.17, 15) is 14.4 Å². The number of aromatic amines is 1. The molecule has 1 N–H and O–H groups in total. The summed E-state index contributed by atoms with van der Waals surface area (Å²) >= 11 is 0. The van der Waals surface area contributed by atoms with Crippen molar-refractivity contribution in [1.82, 2.24) is 24.6 Å². The highest BCUT2D eigenvalue weighted by atomic mass is 19.1. The Balaban J connectivity index is 1.15. The van der Waals surface area contributed by atoms with E-state index >= 15 is 4.39 Å². The van der Waals surface area contributed by atoms with Crippen LogP contribution in [0.25, 0.3) is 22.2 Å². The maximum absolute atomic E-state index is 15.2. The molecule has 2 saturated heterocycles. The summed E-state index contributed by atoms with van der Waals surface area (Å²) in [5, 5.41) is 5.76. The van der Waals surface area contributed by atoms with Gasteiger partial charge in [0.25, 0.3) is 5.56 Å². The average Bonchev–Trinajstić information content (AvgIpc) is 3.39. The summed E-state index contributed by atoms with van der Waals surface area (Å²) < 4.78 is 28.5. The number of H-pyrrole nitrogens is 1. The van der Waals surface area contributed by atoms with Crippen molar-refractivity contribution >= 4 is 28.6 Å². The van der Waals surface area contributed by atoms with E-state index in [2.05, 4.69) is 9.88 Å². The number of hydrogen-bond donors (Lipinski definition) is 1. The lowest BCUT2D eigenvalue weighted by Crippen LogP contribution is -2.55. The zero-order chi connectivity index (χ0) is 33.3. The van der Waals surface area contributed by atoms with Gasteiger partial charge in [-0.05, 0) is 44.9 Å². The summed E-state index contributed by atoms with van der Waals surface area (Å²) in [5.41, 5.74) is 3.29. The molecule has 2 fully saturated rings. The molecule has 4 aromatic rings. The lowest BCUT2D eigenvalue weighted by atomic mass is 9.93. The Kier molecular flexibility index (Phi) is 8.94. The lowest BCUT2D eigenvalue weighted by Gasteiger charge is -2.40. The molecule has 0 bridgehead atoms. The number of aromatic nitrogens is 3. The number of benzene rings is 2. The molecule has 2 aromatic carbocycles. The molecule has 12 heteroatoms. The molecule has 6 rings (SSSR count). The molecule has 4 heterocycles. The van der Waals surface area contributed by atoms with E-state index in [0.29, 0.717) is 49.9 Å². The quantitative estimate of drug-likeness (QED) is 0.322. The zero-order valence-electron chi connectivity index (χ0n) is 27.2. The van der Waals surface area contributed by atoms with Gasteiger partial charge in [-0.15, -0.1) is 0 Å². The third kappa shape index (κ3) is 6.96. The minimum Gasteiger partial charge on any atom is -0.474 e. The predicted molar refractivity (Wildman–Crippen MR) is 177 cm³/mol. The number of nitrogens with one attached hydrogen (secondary N) is 1. The summed E-state index contributed by atoms with van der Waals surface area (Å²) in [6.45, 7) is 7.79. The van der Waals surface area contributed by atoms with Crippen LogP contribution in [0.3, 0.4) is 0 Å². The van der Waals surface area contributed by atoms with Crippen LogP contribution in [0.1, 0.15) is 32.8 Å². The number of alkyl halides is 1. The molecule has 2 aromatic heterocycles. The van der Waals surface area contributed by atoms with Crippen molar-refractivity contribution in [3.8, 4) is 17.1 Å². The monoisotopic (exact) mass is 644 g/mol. The number of amides is 2. The second kappa shape index (κ2) is 13.1. The summed E-state index contributed by atoms with van der Waals surface area (Å²) in [4.78, 5) is 46.2. The molecule has 0 radical (unpaired) electrons. The predicted octanol–water partition coefficient (Wildman–Crippen LogP) is 4.75. The number of pyridine rings is 1. The Morgan fingerprint density at radius 3 is 2.40 bits per heavy atom. The van der Waals surface area contributed by atoms with Crippen molar-refractivity contribution < 1.29 is 23.5 Å². The number of aryl methyl sites for hydroxylation is 1. The summed E-state index contributed by atoms with van der Waals surface area (Å²) in [6, 6.07) is 18.9. The van der Waals surface area contributed by atoms with Crippen LogP contribution >= 0.6 is 0 Å². The van der Waals surface area contributed by atoms with E-state index < -0.39 is 23.8 Å². The molecule has 2 aliphatic heterocycles. The fraction of sp³-hybridized carbons (Fsp3) is 0.429. The number of carbonyl (C=O) groups excluding carboxylic acids is 2. The number of anilines is 1. The molecular formula is C35H41FN6O5. The first-order valence-electron chi connectivity index (χ1n) is 16.0. The highest BCUT2D eigenvalue weighted by Crippen LogP contribution is 2.37. The Morgan fingerprint density at radius 1 is 0.957 bits per heavy atom. The number of carbonyl (C=O) groups is 2. The summed E-state index contributed by atoms with van der Waals surface area (Å²) in [7, 11) is 1.89. The second-order valence-corrected chi connectivity index (χ2v) is 13.1. The Morgan fingerprint density at radius 2 is 1.70 bits per heavy atom. The molecular weight excluding hydrogens is 603 g/mol. The first-order chi connectivity index (χ1) is 22.5. The Labute approximate surface area is 272 Å². The first-order valence-corrected chi connectivity index (χ1v) is 16.0. The van der Waals surface area contributed by atoms with Crippen LogP contribution in [-0.2, 0) is 23.2 Å². The van der Waals surface area contributed by atoms with Crippen LogP contribution in [0.2, 0.25) is 0 Å². The number of fused-ring (bicyclic) bond motifs is 1. The first kappa shape index (κ1) is 32.1. The van der Waals surface area contributed by atoms with Gasteiger partial charge in [-0.3, -0.25) is 19.3 Å². The molecule has 0 aliphatic carbocycles. The van der Waals surface area contributed by atoms with E-state index in [1.807, 2.05) is 60.3 Å². The highest BCUT2D eigenvalue weighted by Gasteiger charge is 2.40. The minimum atomic E-state index is -1.45. The maximum atomic E-state index is 15.2. The highest BCUT2D eigenvalue weighted by molar-refractivity contribution is 6.01. The molecule has 248 valence electrons. The van der Waals surface area contributed by atoms with Crippen LogP contribution in [0.15, 0.2) is 65.5 Å². The van der Waals surface area contributed by atoms with Crippen LogP contribution in [0.5, 0.6) is 5.88 Å². The van der Waals surface area contributed by atoms with E-state index in [4.69, 9.17) is 14.6 Å². The fourth-order valence-electron chi connectivity index (χ4n) is 6.33. The maximum Gasteiger partial charge on any atom is 0.410 e. The molecule has 11 nitrogen and oxygen atoms in total. The van der Waals surface area contributed by atoms with Crippen LogP contribution < -0.4 is 15.2 Å². The SMILES string of the molecule is Cn1nc(-c2ccc(=O)[nH]c2OCc2ccccc2)c2cccc(N3CCN(C(=O)[C@@H]4CCN(C(=O)OC(C)(C)C)C[C@H]4F)CC3)c21. The average molecular weight is 645 g/mol. The van der Waals surface area contributed by atoms with Gasteiger partial charge < -0.3 is 24.2 Å². The number of para-hydroxylation sites is 1. The fourth-order valence-corrected chi connectivity index (χ4v) is 6.33. The topological polar surface area (TPSA) is 113 Å². The number of nitrogens with zero attached hydrogens (tertiary/aromatic N) is 5. The van der Waals surface area contributed by atoms with Gasteiger partial charge in [-0.1, -0.05) is 42.5 Å². The molecule has 0 spiro atoms. The zero-order valence-corrected chi connectivity index (χ0v) is 27.2. The number of likely N-dealkylation sites (tertiary alicyclic amines) is 1. The number of rotatable bonds is 6. The Bertz CT molecular complexity index is 1810. The number of piperidine rings is 1. The van der Waals surface area contributed by atoms with Crippen LogP contribution in [-0.4, -0.2) is 87.6 Å². The molecule has 47 heavy (non-hydrogen) atoms. The normalized spacial score (nSPS) is 18.8. The van der Waals surface area contributed by atoms with Crippen LogP contribution in [0.4, 0.5) is 14.9 Å². The molecule has 0 unspecified atom stereocenters. The largest absolute Gasteiger partial charge is 0.474 e. The number of piperazine rings is 1. The third-order valence-electron chi connectivity index (χ3n) is 8.65. The van der Waals surface area contributed by atoms with Gasteiger partial charge in [0.1, 0.15) is 24.1 Å². The van der Waals surface area contributed by atoms with E-state index in [-0.39, 0.29) is 31.0 Å². The van der Waals surface area contributed by atoms with Gasteiger partial charge in [-0.25, -0.2) is 9.18 Å². The van der Waals surface area contributed by atoms with Gasteiger partial charge >= 0.3 is 6.09 Å². The summed E-state index contributed by atoms with van der Waals surface area (Å²) in [6.07, 6.45) is -1.74. The number of halogens is 1. The Hall–Kier alpha value is -4.87. The number of ether oxygens (including phenoxy) is 2. The van der Waals surface area contributed by atoms with Crippen molar-refractivity contribution in [2.24, 2.45) is 13.0 Å². The van der Waals surface area contributed by atoms with Crippen molar-refractivity contribution in [3.05, 3.63) is 76.6 Å². The second-order valence-electron chi connectivity index (χ2n) is 13.1. The van der Waals surface area contributed by atoms with Gasteiger partial charge in [0, 0.05) is 51.2 Å². The van der Waals surface area contributed by atoms with E-state index in [1.54, 1.807) is 31.7 Å². The standard InChI is InChI=1S/C35H41FN6O5/c1-35(2,3)47-34(45)42-16-15-24(27(36)21-42)33(44)41-19-17-40(18-20-41)28-12-8-11-25-30(38-39(4)31(25)28)26-13-14-29(43)37-32(26)46-22-23-9-6-5-7-10-23/h5-14,24,27H,15-22H2,1-4H3,(H,37,43)/t24-,27-/m1/s1. The van der Waals surface area contributed by atoms with E-state index in [1.165, 1.54) is 11.0 Å². The molecule has 2 atom stereocenters. The lowest BCUT2D eigenvalue weighted by molar-refractivity contribution is -0.140. The van der Waals surface area contributed by atoms with Crippen LogP contribution in [0, 0.1) is 5.92 Å². The molecule has 2 amide bonds. The van der Waals surface area contributed by atoms with E-state index in [0.717, 1.165) is 22.2 Å².